The normalized spacial score (nSPS) is 15.7. The van der Waals surface area contributed by atoms with Crippen LogP contribution in [0.25, 0.3) is 10.9 Å². The molecule has 5 rings (SSSR count). The number of benzene rings is 2. The van der Waals surface area contributed by atoms with Crippen LogP contribution in [-0.2, 0) is 21.0 Å². The zero-order valence-corrected chi connectivity index (χ0v) is 23.1. The van der Waals surface area contributed by atoms with Crippen LogP contribution in [0.3, 0.4) is 0 Å². The Morgan fingerprint density at radius 2 is 1.74 bits per heavy atom. The highest BCUT2D eigenvalue weighted by Gasteiger charge is 2.34. The molecule has 0 saturated heterocycles. The van der Waals surface area contributed by atoms with Crippen molar-refractivity contribution in [2.45, 2.75) is 81.6 Å². The largest absolute Gasteiger partial charge is 0.443 e. The molecule has 0 N–H and O–H groups in total. The lowest BCUT2D eigenvalue weighted by Gasteiger charge is -2.20. The summed E-state index contributed by atoms with van der Waals surface area (Å²) in [5.41, 5.74) is 2.00. The number of nitrogens with zero attached hydrogens (tertiary/aromatic N) is 4. The molecule has 8 nitrogen and oxygen atoms in total. The molecule has 1 aliphatic rings. The number of fused-ring (bicyclic) bond motifs is 1. The molecule has 1 aliphatic carbocycles. The van der Waals surface area contributed by atoms with Crippen LogP contribution in [0, 0.1) is 6.92 Å². The second kappa shape index (κ2) is 10.0. The van der Waals surface area contributed by atoms with E-state index in [9.17, 15) is 13.2 Å². The van der Waals surface area contributed by atoms with Gasteiger partial charge in [0.25, 0.3) is 0 Å². The van der Waals surface area contributed by atoms with Crippen LogP contribution in [0.4, 0.5) is 4.79 Å². The van der Waals surface area contributed by atoms with E-state index >= 15 is 0 Å². The van der Waals surface area contributed by atoms with Crippen LogP contribution < -0.4 is 0 Å². The predicted octanol–water partition coefficient (Wildman–Crippen LogP) is 6.20. The first-order valence-corrected chi connectivity index (χ1v) is 14.6. The quantitative estimate of drug-likeness (QED) is 0.292. The molecule has 2 aromatic carbocycles. The molecule has 2 heterocycles. The highest BCUT2D eigenvalue weighted by atomic mass is 32.2. The zero-order chi connectivity index (χ0) is 27.1. The number of rotatable bonds is 6. The summed E-state index contributed by atoms with van der Waals surface area (Å²) in [5.74, 6) is 0. The van der Waals surface area contributed by atoms with Gasteiger partial charge in [0.1, 0.15) is 5.60 Å². The highest BCUT2D eigenvalue weighted by molar-refractivity contribution is 7.91. The Morgan fingerprint density at radius 1 is 1.05 bits per heavy atom. The van der Waals surface area contributed by atoms with Gasteiger partial charge < -0.3 is 4.74 Å². The third-order valence-corrected chi connectivity index (χ3v) is 9.15. The first-order valence-electron chi connectivity index (χ1n) is 13.1. The molecule has 2 aromatic heterocycles. The minimum atomic E-state index is -3.86. The Balaban J connectivity index is 1.62. The summed E-state index contributed by atoms with van der Waals surface area (Å²) in [5, 5.41) is 8.41. The van der Waals surface area contributed by atoms with E-state index in [1.54, 1.807) is 57.3 Å². The Hall–Kier alpha value is -3.46. The molecule has 1 atom stereocenters. The van der Waals surface area contributed by atoms with Gasteiger partial charge in [0.15, 0.2) is 9.84 Å². The zero-order valence-electron chi connectivity index (χ0n) is 22.3. The number of hydrogen-bond acceptors (Lipinski definition) is 6. The van der Waals surface area contributed by atoms with Gasteiger partial charge in [0.2, 0.25) is 0 Å². The summed E-state index contributed by atoms with van der Waals surface area (Å²) in [7, 11) is -3.86. The first kappa shape index (κ1) is 26.2. The number of para-hydroxylation sites is 1. The minimum absolute atomic E-state index is 0.130. The number of carbonyl (C=O) groups excluding carboxylic acids is 1. The van der Waals surface area contributed by atoms with Crippen molar-refractivity contribution in [3.8, 4) is 0 Å². The predicted molar refractivity (Wildman–Crippen MR) is 146 cm³/mol. The van der Waals surface area contributed by atoms with E-state index in [4.69, 9.17) is 4.74 Å². The molecule has 200 valence electrons. The van der Waals surface area contributed by atoms with Gasteiger partial charge in [-0.1, -0.05) is 54.0 Å². The average Bonchev–Trinajstić information content (AvgIpc) is 3.61. The van der Waals surface area contributed by atoms with E-state index in [0.717, 1.165) is 31.2 Å². The maximum atomic E-state index is 14.2. The summed E-state index contributed by atoms with van der Waals surface area (Å²) in [6.07, 6.45) is 7.48. The van der Waals surface area contributed by atoms with Crippen LogP contribution in [-0.4, -0.2) is 39.7 Å². The maximum absolute atomic E-state index is 14.2. The molecule has 0 aliphatic heterocycles. The molecule has 4 aromatic rings. The fourth-order valence-corrected chi connectivity index (χ4v) is 6.90. The van der Waals surface area contributed by atoms with Crippen molar-refractivity contribution in [2.24, 2.45) is 0 Å². The third kappa shape index (κ3) is 5.25. The van der Waals surface area contributed by atoms with Crippen molar-refractivity contribution in [2.75, 3.05) is 0 Å². The van der Waals surface area contributed by atoms with Gasteiger partial charge in [0.05, 0.1) is 27.4 Å². The SMILES string of the molecule is Cc1ccc(S(=O)(=O)C(Cc2cn(C3CCCC3)nn2)c2cn(C(=O)OC(C)(C)C)c3ccccc23)cc1. The van der Waals surface area contributed by atoms with Crippen LogP contribution in [0.2, 0.25) is 0 Å². The monoisotopic (exact) mass is 534 g/mol. The first-order chi connectivity index (χ1) is 18.0. The molecule has 1 saturated carbocycles. The Kier molecular flexibility index (Phi) is 6.90. The number of carbonyl (C=O) groups is 1. The smallest absolute Gasteiger partial charge is 0.419 e. The van der Waals surface area contributed by atoms with Gasteiger partial charge in [-0.05, 0) is 64.3 Å². The average molecular weight is 535 g/mol. The number of hydrogen-bond donors (Lipinski definition) is 0. The Morgan fingerprint density at radius 3 is 2.42 bits per heavy atom. The van der Waals surface area contributed by atoms with E-state index in [1.807, 2.05) is 36.0 Å². The third-order valence-electron chi connectivity index (χ3n) is 7.06. The fraction of sp³-hybridized carbons (Fsp3) is 0.414. The molecule has 38 heavy (non-hydrogen) atoms. The van der Waals surface area contributed by atoms with Crippen LogP contribution in [0.5, 0.6) is 0 Å². The van der Waals surface area contributed by atoms with Crippen molar-refractivity contribution in [3.63, 3.8) is 0 Å². The van der Waals surface area contributed by atoms with Gasteiger partial charge in [-0.25, -0.2) is 17.9 Å². The maximum Gasteiger partial charge on any atom is 0.419 e. The number of aryl methyl sites for hydroxylation is 1. The molecule has 0 amide bonds. The van der Waals surface area contributed by atoms with Crippen molar-refractivity contribution < 1.29 is 17.9 Å². The van der Waals surface area contributed by atoms with Crippen molar-refractivity contribution in [3.05, 3.63) is 77.7 Å². The second-order valence-corrected chi connectivity index (χ2v) is 13.3. The van der Waals surface area contributed by atoms with Crippen LogP contribution in [0.15, 0.2) is 65.8 Å². The lowest BCUT2D eigenvalue weighted by molar-refractivity contribution is 0.0544. The van der Waals surface area contributed by atoms with E-state index in [1.165, 1.54) is 4.57 Å². The summed E-state index contributed by atoms with van der Waals surface area (Å²) in [6.45, 7) is 7.32. The summed E-state index contributed by atoms with van der Waals surface area (Å²) in [6, 6.07) is 14.5. The van der Waals surface area contributed by atoms with E-state index < -0.39 is 26.8 Å². The Labute approximate surface area is 223 Å². The van der Waals surface area contributed by atoms with Gasteiger partial charge in [-0.2, -0.15) is 0 Å². The van der Waals surface area contributed by atoms with Gasteiger partial charge >= 0.3 is 6.09 Å². The lowest BCUT2D eigenvalue weighted by Crippen LogP contribution is -2.26. The molecule has 9 heteroatoms. The molecular weight excluding hydrogens is 500 g/mol. The molecule has 1 unspecified atom stereocenters. The van der Waals surface area contributed by atoms with Gasteiger partial charge in [-0.15, -0.1) is 5.10 Å². The summed E-state index contributed by atoms with van der Waals surface area (Å²) < 4.78 is 37.3. The molecule has 0 bridgehead atoms. The lowest BCUT2D eigenvalue weighted by atomic mass is 10.1. The Bertz CT molecular complexity index is 1560. The number of sulfone groups is 1. The molecule has 0 spiro atoms. The van der Waals surface area contributed by atoms with Gasteiger partial charge in [-0.3, -0.25) is 4.57 Å². The molecular formula is C29H34N4O4S. The second-order valence-electron chi connectivity index (χ2n) is 11.1. The van der Waals surface area contributed by atoms with Crippen molar-refractivity contribution in [1.29, 1.82) is 0 Å². The molecule has 1 fully saturated rings. The van der Waals surface area contributed by atoms with Crippen molar-refractivity contribution in [1.82, 2.24) is 19.6 Å². The standard InChI is InChI=1S/C29H34N4O4S/c1-20-13-15-23(16-14-20)38(35,36)27(17-21-18-33(31-30-21)22-9-5-6-10-22)25-19-32(28(34)37-29(2,3)4)26-12-8-7-11-24(25)26/h7-8,11-16,18-19,22,27H,5-6,9-10,17H2,1-4H3. The van der Waals surface area contributed by atoms with Crippen LogP contribution >= 0.6 is 0 Å². The van der Waals surface area contributed by atoms with Crippen molar-refractivity contribution >= 4 is 26.8 Å². The number of aromatic nitrogens is 4. The molecule has 0 radical (unpaired) electrons. The fourth-order valence-electron chi connectivity index (χ4n) is 5.15. The van der Waals surface area contributed by atoms with Crippen LogP contribution in [0.1, 0.15) is 74.6 Å². The number of ether oxygens (including phenoxy) is 1. The van der Waals surface area contributed by atoms with E-state index in [0.29, 0.717) is 28.2 Å². The minimum Gasteiger partial charge on any atom is -0.443 e. The van der Waals surface area contributed by atoms with Gasteiger partial charge in [0, 0.05) is 24.2 Å². The van der Waals surface area contributed by atoms with E-state index in [2.05, 4.69) is 10.3 Å². The summed E-state index contributed by atoms with van der Waals surface area (Å²) >= 11 is 0. The van der Waals surface area contributed by atoms with E-state index in [-0.39, 0.29) is 11.3 Å². The topological polar surface area (TPSA) is 96.1 Å². The highest BCUT2D eigenvalue weighted by Crippen LogP contribution is 2.38. The summed E-state index contributed by atoms with van der Waals surface area (Å²) in [4.78, 5) is 13.4.